The van der Waals surface area contributed by atoms with Crippen LogP contribution in [0.15, 0.2) is 36.5 Å². The summed E-state index contributed by atoms with van der Waals surface area (Å²) >= 11 is 3.33. The monoisotopic (exact) mass is 646 g/mol. The molecule has 0 aliphatic carbocycles. The molecule has 0 saturated heterocycles. The zero-order valence-electron chi connectivity index (χ0n) is 21.6. The molecule has 0 fully saturated rings. The first kappa shape index (κ1) is 31.1. The van der Waals surface area contributed by atoms with Crippen LogP contribution in [0.1, 0.15) is 40.0 Å². The lowest BCUT2D eigenvalue weighted by molar-refractivity contribution is -0.132. The first-order valence-corrected chi connectivity index (χ1v) is 14.0. The number of carbonyl (C=O) groups is 3. The van der Waals surface area contributed by atoms with Crippen LogP contribution < -0.4 is 16.0 Å². The molecule has 1 heterocycles. The van der Waals surface area contributed by atoms with Gasteiger partial charge in [-0.05, 0) is 26.3 Å². The lowest BCUT2D eigenvalue weighted by Gasteiger charge is -2.37. The van der Waals surface area contributed by atoms with Crippen molar-refractivity contribution >= 4 is 51.6 Å². The lowest BCUT2D eigenvalue weighted by Crippen LogP contribution is -2.58. The number of amides is 3. The zero-order chi connectivity index (χ0) is 27.6. The number of aromatic nitrogens is 1. The molecule has 0 aliphatic heterocycles. The first-order chi connectivity index (χ1) is 17.5. The van der Waals surface area contributed by atoms with Gasteiger partial charge >= 0.3 is 0 Å². The van der Waals surface area contributed by atoms with Gasteiger partial charge in [-0.3, -0.25) is 14.4 Å². The number of ether oxygens (including phenoxy) is 2. The van der Waals surface area contributed by atoms with Crippen molar-refractivity contribution in [3.8, 4) is 0 Å². The molecule has 0 bridgehead atoms. The van der Waals surface area contributed by atoms with E-state index >= 15 is 0 Å². The van der Waals surface area contributed by atoms with Crippen LogP contribution in [0.25, 0.3) is 0 Å². The molecule has 1 aromatic carbocycles. The van der Waals surface area contributed by atoms with Crippen LogP contribution >= 0.6 is 33.9 Å². The Balaban J connectivity index is 2.15. The van der Waals surface area contributed by atoms with Crippen LogP contribution in [-0.4, -0.2) is 83.4 Å². The van der Waals surface area contributed by atoms with E-state index in [0.29, 0.717) is 9.30 Å². The van der Waals surface area contributed by atoms with Crippen molar-refractivity contribution in [3.63, 3.8) is 0 Å². The van der Waals surface area contributed by atoms with Crippen molar-refractivity contribution in [2.75, 3.05) is 31.9 Å². The van der Waals surface area contributed by atoms with Gasteiger partial charge < -0.3 is 30.5 Å². The van der Waals surface area contributed by atoms with Crippen molar-refractivity contribution in [1.29, 1.82) is 0 Å². The molecule has 5 atom stereocenters. The second-order valence-corrected chi connectivity index (χ2v) is 10.9. The predicted octanol–water partition coefficient (Wildman–Crippen LogP) is 1.80. The summed E-state index contributed by atoms with van der Waals surface area (Å²) in [6.45, 7) is 5.13. The van der Waals surface area contributed by atoms with E-state index in [1.165, 1.54) is 31.8 Å². The van der Waals surface area contributed by atoms with E-state index in [4.69, 9.17) is 9.47 Å². The highest BCUT2D eigenvalue weighted by Gasteiger charge is 2.38. The minimum Gasteiger partial charge on any atom is -0.389 e. The van der Waals surface area contributed by atoms with Gasteiger partial charge in [0.1, 0.15) is 17.0 Å². The molecule has 37 heavy (non-hydrogen) atoms. The normalized spacial score (nSPS) is 16.1. The van der Waals surface area contributed by atoms with Crippen LogP contribution in [0.5, 0.6) is 0 Å². The average Bonchev–Trinajstić information content (AvgIpc) is 3.30. The number of halogens is 1. The van der Waals surface area contributed by atoms with Crippen LogP contribution in [0.4, 0.5) is 0 Å². The number of nitrogens with one attached hydrogen (secondary N) is 3. The molecule has 1 unspecified atom stereocenters. The third-order valence-electron chi connectivity index (χ3n) is 5.74. The van der Waals surface area contributed by atoms with Gasteiger partial charge in [0, 0.05) is 30.6 Å². The van der Waals surface area contributed by atoms with E-state index in [1.807, 2.05) is 37.3 Å². The van der Waals surface area contributed by atoms with Gasteiger partial charge in [-0.1, -0.05) is 52.9 Å². The highest BCUT2D eigenvalue weighted by atomic mass is 127. The van der Waals surface area contributed by atoms with Gasteiger partial charge in [-0.15, -0.1) is 11.3 Å². The van der Waals surface area contributed by atoms with E-state index in [0.717, 1.165) is 10.6 Å². The fourth-order valence-electron chi connectivity index (χ4n) is 4.01. The Morgan fingerprint density at radius 1 is 1.05 bits per heavy atom. The molecule has 4 N–H and O–H groups in total. The number of aryl methyl sites for hydroxylation is 1. The van der Waals surface area contributed by atoms with Crippen molar-refractivity contribution in [3.05, 3.63) is 52.0 Å². The highest BCUT2D eigenvalue weighted by molar-refractivity contribution is 14.1. The van der Waals surface area contributed by atoms with E-state index in [-0.39, 0.29) is 13.2 Å². The maximum absolute atomic E-state index is 13.2. The number of benzene rings is 1. The molecule has 0 aliphatic rings. The summed E-state index contributed by atoms with van der Waals surface area (Å²) in [7, 11) is 2.83. The number of alkyl halides is 1. The smallest absolute Gasteiger partial charge is 0.263 e. The van der Waals surface area contributed by atoms with E-state index in [9.17, 15) is 19.5 Å². The molecule has 10 nitrogen and oxygen atoms in total. The number of hydrogen-bond acceptors (Lipinski definition) is 8. The van der Waals surface area contributed by atoms with Gasteiger partial charge in [0.05, 0.1) is 30.0 Å². The van der Waals surface area contributed by atoms with Crippen molar-refractivity contribution in [2.24, 2.45) is 0 Å². The van der Waals surface area contributed by atoms with Crippen LogP contribution in [0.3, 0.4) is 0 Å². The van der Waals surface area contributed by atoms with Crippen molar-refractivity contribution in [1.82, 2.24) is 20.9 Å². The number of hydrogen-bond donors (Lipinski definition) is 4. The Morgan fingerprint density at radius 3 is 2.14 bits per heavy atom. The summed E-state index contributed by atoms with van der Waals surface area (Å²) in [6.07, 6.45) is 1.44. The molecular formula is C25H35IN4O6S. The fourth-order valence-corrected chi connectivity index (χ4v) is 5.16. The lowest BCUT2D eigenvalue weighted by atomic mass is 9.79. The quantitative estimate of drug-likeness (QED) is 0.182. The second-order valence-electron chi connectivity index (χ2n) is 8.92. The third kappa shape index (κ3) is 8.99. The minimum absolute atomic E-state index is 0.0926. The van der Waals surface area contributed by atoms with Crippen LogP contribution in [0, 0.1) is 6.92 Å². The Bertz CT molecular complexity index is 1040. The Labute approximate surface area is 235 Å². The molecule has 2 rings (SSSR count). The van der Waals surface area contributed by atoms with E-state index in [1.54, 1.807) is 13.8 Å². The molecule has 1 aromatic heterocycles. The Morgan fingerprint density at radius 2 is 1.62 bits per heavy atom. The number of rotatable bonds is 14. The van der Waals surface area contributed by atoms with Gasteiger partial charge in [-0.2, -0.15) is 0 Å². The Hall–Kier alpha value is -2.13. The van der Waals surface area contributed by atoms with Crippen molar-refractivity contribution < 1.29 is 29.0 Å². The summed E-state index contributed by atoms with van der Waals surface area (Å²) in [5.41, 5.74) is -0.220. The number of aliphatic hydroxyl groups is 1. The number of nitrogens with zero attached hydrogens (tertiary/aromatic N) is 1. The van der Waals surface area contributed by atoms with Crippen LogP contribution in [-0.2, 0) is 19.1 Å². The first-order valence-electron chi connectivity index (χ1n) is 11.7. The summed E-state index contributed by atoms with van der Waals surface area (Å²) in [6, 6.07) is 6.91. The van der Waals surface area contributed by atoms with Gasteiger partial charge in [0.15, 0.2) is 0 Å². The largest absolute Gasteiger partial charge is 0.389 e. The standard InChI is InChI=1S/C25H35IN4O6S/c1-15(21(25(3,34)14-26)17-9-7-6-8-10-17)28-22(31)18(12-35-4)29-23(32)19(13-36-5)30-24(33)20-11-27-16(2)37-20/h6-11,15,18-19,21,34H,12-14H2,1-5H3,(H,28,31)(H,29,32)(H,30,33)/t15-,18-,19-,21?,25+/m0/s1. The van der Waals surface area contributed by atoms with E-state index < -0.39 is 47.4 Å². The molecule has 204 valence electrons. The summed E-state index contributed by atoms with van der Waals surface area (Å²) in [4.78, 5) is 43.3. The van der Waals surface area contributed by atoms with E-state index in [2.05, 4.69) is 43.5 Å². The van der Waals surface area contributed by atoms with Gasteiger partial charge in [0.25, 0.3) is 5.91 Å². The van der Waals surface area contributed by atoms with Crippen molar-refractivity contribution in [2.45, 2.75) is 50.4 Å². The maximum Gasteiger partial charge on any atom is 0.263 e. The molecule has 0 saturated carbocycles. The van der Waals surface area contributed by atoms with Gasteiger partial charge in [-0.25, -0.2) is 4.98 Å². The summed E-state index contributed by atoms with van der Waals surface area (Å²) in [5, 5.41) is 20.0. The fraction of sp³-hybridized carbons (Fsp3) is 0.520. The summed E-state index contributed by atoms with van der Waals surface area (Å²) < 4.78 is 10.7. The molecule has 3 amide bonds. The highest BCUT2D eigenvalue weighted by Crippen LogP contribution is 2.33. The summed E-state index contributed by atoms with van der Waals surface area (Å²) in [5.74, 6) is -1.94. The molecule has 0 radical (unpaired) electrons. The maximum atomic E-state index is 13.2. The predicted molar refractivity (Wildman–Crippen MR) is 150 cm³/mol. The molecular weight excluding hydrogens is 611 g/mol. The van der Waals surface area contributed by atoms with Gasteiger partial charge in [0.2, 0.25) is 11.8 Å². The molecule has 2 aromatic rings. The zero-order valence-corrected chi connectivity index (χ0v) is 24.6. The third-order valence-corrected chi connectivity index (χ3v) is 8.19. The number of carbonyl (C=O) groups excluding carboxylic acids is 3. The number of methoxy groups -OCH3 is 2. The average molecular weight is 647 g/mol. The molecule has 0 spiro atoms. The number of thiazole rings is 1. The SMILES string of the molecule is COC[C@H](NC(=O)c1cnc(C)s1)C(=O)N[C@@H](COC)C(=O)N[C@@H](C)C(c1ccccc1)[C@](C)(O)CI. The van der Waals surface area contributed by atoms with Crippen LogP contribution in [0.2, 0.25) is 0 Å². The second kappa shape index (κ2) is 14.7. The Kier molecular flexibility index (Phi) is 12.4. The molecule has 12 heteroatoms. The minimum atomic E-state index is -1.10. The topological polar surface area (TPSA) is 139 Å².